The number of hydrogen-bond donors (Lipinski definition) is 0. The molecule has 5 rings (SSSR count). The van der Waals surface area contributed by atoms with E-state index in [1.54, 1.807) is 42.7 Å². The lowest BCUT2D eigenvalue weighted by Gasteiger charge is -2.15. The molecule has 1 aliphatic heterocycles. The van der Waals surface area contributed by atoms with Crippen molar-refractivity contribution in [2.75, 3.05) is 6.54 Å². The Morgan fingerprint density at radius 2 is 1.96 bits per heavy atom. The van der Waals surface area contributed by atoms with Crippen LogP contribution in [0.1, 0.15) is 23.5 Å². The Balaban J connectivity index is 1.64. The van der Waals surface area contributed by atoms with Gasteiger partial charge in [-0.15, -0.1) is 10.2 Å². The molecule has 8 heteroatoms. The van der Waals surface area contributed by atoms with E-state index < -0.39 is 11.7 Å². The highest BCUT2D eigenvalue weighted by atomic mass is 19.3. The van der Waals surface area contributed by atoms with Crippen molar-refractivity contribution >= 4 is 28.3 Å². The standard InChI is InChI=1S/C20H14F2N6/c21-20(22,15-3-4-16-14(12-15)2-1-9-24-16)19-26-25-18-6-5-17(27-28(18)19)13-7-10-23-11-8-13/h1-7,9-10,12H,8,11H2. The summed E-state index contributed by atoms with van der Waals surface area (Å²) in [5.41, 5.74) is 2.29. The molecular formula is C20H14F2N6. The molecule has 0 saturated carbocycles. The molecule has 0 N–H and O–H groups in total. The number of aliphatic imine (C=N–C) groups is 1. The number of allylic oxidation sites excluding steroid dienone is 1. The number of hydrogen-bond acceptors (Lipinski definition) is 5. The first-order valence-electron chi connectivity index (χ1n) is 8.78. The van der Waals surface area contributed by atoms with Crippen LogP contribution in [0.25, 0.3) is 22.1 Å². The fourth-order valence-electron chi connectivity index (χ4n) is 3.25. The molecule has 0 amide bonds. The molecule has 0 saturated heterocycles. The van der Waals surface area contributed by atoms with E-state index in [9.17, 15) is 0 Å². The van der Waals surface area contributed by atoms with Gasteiger partial charge in [-0.3, -0.25) is 9.98 Å². The maximum absolute atomic E-state index is 15.3. The summed E-state index contributed by atoms with van der Waals surface area (Å²) >= 11 is 0. The van der Waals surface area contributed by atoms with E-state index in [-0.39, 0.29) is 11.2 Å². The highest BCUT2D eigenvalue weighted by Gasteiger charge is 2.40. The molecule has 0 radical (unpaired) electrons. The van der Waals surface area contributed by atoms with Gasteiger partial charge >= 0.3 is 5.92 Å². The van der Waals surface area contributed by atoms with E-state index in [0.717, 1.165) is 10.1 Å². The summed E-state index contributed by atoms with van der Waals surface area (Å²) in [6.07, 6.45) is 5.88. The first-order chi connectivity index (χ1) is 13.6. The van der Waals surface area contributed by atoms with Crippen LogP contribution in [0.2, 0.25) is 0 Å². The Morgan fingerprint density at radius 1 is 1.04 bits per heavy atom. The Labute approximate surface area is 158 Å². The number of dihydropyridines is 1. The number of pyridine rings is 1. The van der Waals surface area contributed by atoms with Crippen molar-refractivity contribution in [3.63, 3.8) is 0 Å². The third-order valence-corrected chi connectivity index (χ3v) is 4.73. The zero-order valence-electron chi connectivity index (χ0n) is 14.6. The molecule has 0 aliphatic carbocycles. The molecule has 0 unspecified atom stereocenters. The summed E-state index contributed by atoms with van der Waals surface area (Å²) in [5, 5.41) is 12.6. The Bertz CT molecular complexity index is 1260. The Kier molecular flexibility index (Phi) is 3.71. The molecule has 0 atom stereocenters. The lowest BCUT2D eigenvalue weighted by Crippen LogP contribution is -2.20. The maximum Gasteiger partial charge on any atom is 0.333 e. The summed E-state index contributed by atoms with van der Waals surface area (Å²) in [6, 6.07) is 11.2. The van der Waals surface area contributed by atoms with Crippen LogP contribution < -0.4 is 0 Å². The van der Waals surface area contributed by atoms with Crippen LogP contribution in [0.15, 0.2) is 59.7 Å². The third-order valence-electron chi connectivity index (χ3n) is 4.73. The van der Waals surface area contributed by atoms with E-state index in [2.05, 4.69) is 25.3 Å². The van der Waals surface area contributed by atoms with Gasteiger partial charge in [0.25, 0.3) is 0 Å². The Morgan fingerprint density at radius 3 is 2.82 bits per heavy atom. The van der Waals surface area contributed by atoms with Gasteiger partial charge in [0, 0.05) is 29.9 Å². The third kappa shape index (κ3) is 2.65. The summed E-state index contributed by atoms with van der Waals surface area (Å²) < 4.78 is 31.8. The van der Waals surface area contributed by atoms with Gasteiger partial charge in [0.05, 0.1) is 11.2 Å². The molecule has 4 heterocycles. The average Bonchev–Trinajstić information content (AvgIpc) is 3.18. The first-order valence-corrected chi connectivity index (χ1v) is 8.78. The number of rotatable bonds is 3. The first kappa shape index (κ1) is 16.6. The molecule has 0 spiro atoms. The van der Waals surface area contributed by atoms with Crippen LogP contribution in [-0.4, -0.2) is 37.6 Å². The van der Waals surface area contributed by atoms with Crippen molar-refractivity contribution in [2.45, 2.75) is 12.3 Å². The van der Waals surface area contributed by atoms with Gasteiger partial charge in [0.2, 0.25) is 5.82 Å². The Hall–Kier alpha value is -3.55. The summed E-state index contributed by atoms with van der Waals surface area (Å²) in [5.74, 6) is -3.88. The summed E-state index contributed by atoms with van der Waals surface area (Å²) in [4.78, 5) is 8.31. The molecule has 0 fully saturated rings. The molecule has 4 aromatic rings. The van der Waals surface area contributed by atoms with Crippen molar-refractivity contribution < 1.29 is 8.78 Å². The molecular weight excluding hydrogens is 362 g/mol. The second-order valence-corrected chi connectivity index (χ2v) is 6.49. The molecule has 6 nitrogen and oxygen atoms in total. The fourth-order valence-corrected chi connectivity index (χ4v) is 3.25. The number of fused-ring (bicyclic) bond motifs is 2. The van der Waals surface area contributed by atoms with Crippen LogP contribution >= 0.6 is 0 Å². The van der Waals surface area contributed by atoms with Crippen LogP contribution in [0.4, 0.5) is 8.78 Å². The highest BCUT2D eigenvalue weighted by molar-refractivity contribution is 5.85. The van der Waals surface area contributed by atoms with E-state index >= 15 is 8.78 Å². The van der Waals surface area contributed by atoms with Crippen molar-refractivity contribution in [2.24, 2.45) is 4.99 Å². The summed E-state index contributed by atoms with van der Waals surface area (Å²) in [6.45, 7) is 0.655. The monoisotopic (exact) mass is 376 g/mol. The SMILES string of the molecule is FC(F)(c1ccc2ncccc2c1)c1nnc2ccc(C3=CC=NCC3)nn12. The smallest absolute Gasteiger partial charge is 0.293 e. The zero-order chi connectivity index (χ0) is 19.1. The molecule has 3 aromatic heterocycles. The number of aromatic nitrogens is 5. The number of halogens is 2. The zero-order valence-corrected chi connectivity index (χ0v) is 14.6. The number of nitrogens with zero attached hydrogens (tertiary/aromatic N) is 6. The normalized spacial score (nSPS) is 14.6. The minimum atomic E-state index is -3.36. The predicted octanol–water partition coefficient (Wildman–Crippen LogP) is 3.67. The van der Waals surface area contributed by atoms with Gasteiger partial charge in [0.1, 0.15) is 0 Å². The molecule has 28 heavy (non-hydrogen) atoms. The van der Waals surface area contributed by atoms with Crippen molar-refractivity contribution in [1.82, 2.24) is 24.8 Å². The minimum absolute atomic E-state index is 0.182. The maximum atomic E-state index is 15.3. The van der Waals surface area contributed by atoms with Crippen molar-refractivity contribution in [1.29, 1.82) is 0 Å². The number of alkyl halides is 2. The second-order valence-electron chi connectivity index (χ2n) is 6.49. The van der Waals surface area contributed by atoms with Crippen LogP contribution in [-0.2, 0) is 5.92 Å². The predicted molar refractivity (Wildman–Crippen MR) is 101 cm³/mol. The summed E-state index contributed by atoms with van der Waals surface area (Å²) in [7, 11) is 0. The molecule has 0 bridgehead atoms. The highest BCUT2D eigenvalue weighted by Crippen LogP contribution is 2.35. The van der Waals surface area contributed by atoms with E-state index in [1.165, 1.54) is 12.1 Å². The van der Waals surface area contributed by atoms with E-state index in [0.29, 0.717) is 29.6 Å². The van der Waals surface area contributed by atoms with Gasteiger partial charge < -0.3 is 0 Å². The topological polar surface area (TPSA) is 68.3 Å². The van der Waals surface area contributed by atoms with Gasteiger partial charge in [-0.2, -0.15) is 18.4 Å². The number of benzene rings is 1. The van der Waals surface area contributed by atoms with E-state index in [4.69, 9.17) is 0 Å². The van der Waals surface area contributed by atoms with Crippen LogP contribution in [0.3, 0.4) is 0 Å². The molecule has 1 aromatic carbocycles. The van der Waals surface area contributed by atoms with Crippen molar-refractivity contribution in [3.8, 4) is 0 Å². The van der Waals surface area contributed by atoms with Crippen molar-refractivity contribution in [3.05, 3.63) is 71.8 Å². The van der Waals surface area contributed by atoms with Crippen LogP contribution in [0.5, 0.6) is 0 Å². The molecule has 1 aliphatic rings. The van der Waals surface area contributed by atoms with E-state index in [1.807, 2.05) is 6.08 Å². The average molecular weight is 376 g/mol. The van der Waals surface area contributed by atoms with Gasteiger partial charge in [0.15, 0.2) is 5.65 Å². The lowest BCUT2D eigenvalue weighted by atomic mass is 10.0. The quantitative estimate of drug-likeness (QED) is 0.547. The largest absolute Gasteiger partial charge is 0.333 e. The lowest BCUT2D eigenvalue weighted by molar-refractivity contribution is 0.0307. The second kappa shape index (κ2) is 6.26. The molecule has 138 valence electrons. The van der Waals surface area contributed by atoms with Gasteiger partial charge in [-0.25, -0.2) is 0 Å². The fraction of sp³-hybridized carbons (Fsp3) is 0.150. The van der Waals surface area contributed by atoms with Gasteiger partial charge in [-0.05, 0) is 48.4 Å². The minimum Gasteiger partial charge on any atom is -0.293 e. The van der Waals surface area contributed by atoms with Gasteiger partial charge in [-0.1, -0.05) is 12.1 Å². The van der Waals surface area contributed by atoms with Crippen LogP contribution in [0, 0.1) is 0 Å².